The summed E-state index contributed by atoms with van der Waals surface area (Å²) in [5.74, 6) is 0.0562. The maximum absolute atomic E-state index is 12.3. The van der Waals surface area contributed by atoms with E-state index in [1.165, 1.54) is 35.8 Å². The standard InChI is InChI=1S/C17H16ClN3O4S3/c1-25-13-7-10(3-4-12(13)21-28(2,23)24)19-16(22)8-11-9-26-17(20-11)14-5-6-15(18)27-14/h3-7,9,21H,8H2,1-2H3,(H,19,22). The van der Waals surface area contributed by atoms with Gasteiger partial charge >= 0.3 is 0 Å². The zero-order chi connectivity index (χ0) is 20.3. The first-order valence-electron chi connectivity index (χ1n) is 7.89. The Morgan fingerprint density at radius 2 is 2.07 bits per heavy atom. The Morgan fingerprint density at radius 1 is 1.29 bits per heavy atom. The van der Waals surface area contributed by atoms with Crippen LogP contribution in [0.5, 0.6) is 5.75 Å². The molecule has 1 amide bonds. The molecule has 3 rings (SSSR count). The lowest BCUT2D eigenvalue weighted by atomic mass is 10.2. The Kier molecular flexibility index (Phi) is 6.23. The number of benzene rings is 1. The first-order chi connectivity index (χ1) is 13.2. The summed E-state index contributed by atoms with van der Waals surface area (Å²) in [4.78, 5) is 17.8. The van der Waals surface area contributed by atoms with E-state index < -0.39 is 10.0 Å². The molecule has 7 nitrogen and oxygen atoms in total. The van der Waals surface area contributed by atoms with Gasteiger partial charge in [-0.1, -0.05) is 11.6 Å². The number of thiophene rings is 1. The van der Waals surface area contributed by atoms with Crippen LogP contribution in [0.25, 0.3) is 9.88 Å². The van der Waals surface area contributed by atoms with Gasteiger partial charge in [0.15, 0.2) is 0 Å². The van der Waals surface area contributed by atoms with Crippen molar-refractivity contribution in [3.8, 4) is 15.6 Å². The molecule has 0 aliphatic heterocycles. The maximum atomic E-state index is 12.3. The molecule has 1 aromatic carbocycles. The number of rotatable bonds is 7. The maximum Gasteiger partial charge on any atom is 0.230 e. The van der Waals surface area contributed by atoms with Gasteiger partial charge in [0.05, 0.1) is 40.4 Å². The van der Waals surface area contributed by atoms with Crippen molar-refractivity contribution in [2.45, 2.75) is 6.42 Å². The van der Waals surface area contributed by atoms with Gasteiger partial charge in [0.25, 0.3) is 0 Å². The molecule has 28 heavy (non-hydrogen) atoms. The second-order valence-corrected chi connectivity index (χ2v) is 10.1. The summed E-state index contributed by atoms with van der Waals surface area (Å²) in [6.07, 6.45) is 1.16. The number of thiazole rings is 1. The number of nitrogens with one attached hydrogen (secondary N) is 2. The van der Waals surface area contributed by atoms with Gasteiger partial charge in [-0.3, -0.25) is 9.52 Å². The van der Waals surface area contributed by atoms with Gasteiger partial charge in [0, 0.05) is 17.1 Å². The zero-order valence-electron chi connectivity index (χ0n) is 14.9. The lowest BCUT2D eigenvalue weighted by molar-refractivity contribution is -0.115. The molecule has 0 aliphatic rings. The molecule has 0 bridgehead atoms. The monoisotopic (exact) mass is 457 g/mol. The number of halogens is 1. The van der Waals surface area contributed by atoms with Crippen molar-refractivity contribution in [2.24, 2.45) is 0 Å². The van der Waals surface area contributed by atoms with Gasteiger partial charge in [0.2, 0.25) is 15.9 Å². The molecule has 0 aliphatic carbocycles. The summed E-state index contributed by atoms with van der Waals surface area (Å²) in [6.45, 7) is 0. The van der Waals surface area contributed by atoms with Crippen LogP contribution in [-0.4, -0.2) is 32.7 Å². The predicted octanol–water partition coefficient (Wildman–Crippen LogP) is 4.09. The number of sulfonamides is 1. The van der Waals surface area contributed by atoms with E-state index in [2.05, 4.69) is 15.0 Å². The van der Waals surface area contributed by atoms with E-state index in [-0.39, 0.29) is 12.3 Å². The third kappa shape index (κ3) is 5.44. The van der Waals surface area contributed by atoms with Crippen molar-refractivity contribution < 1.29 is 17.9 Å². The summed E-state index contributed by atoms with van der Waals surface area (Å²) in [7, 11) is -2.02. The number of hydrogen-bond acceptors (Lipinski definition) is 7. The van der Waals surface area contributed by atoms with Gasteiger partial charge in [-0.05, 0) is 24.3 Å². The highest BCUT2D eigenvalue weighted by atomic mass is 35.5. The molecule has 0 unspecified atom stereocenters. The molecule has 0 fully saturated rings. The van der Waals surface area contributed by atoms with Crippen molar-refractivity contribution in [3.63, 3.8) is 0 Å². The van der Waals surface area contributed by atoms with Gasteiger partial charge in [0.1, 0.15) is 10.8 Å². The number of anilines is 2. The average Bonchev–Trinajstić information content (AvgIpc) is 3.23. The Morgan fingerprint density at radius 3 is 2.71 bits per heavy atom. The number of amides is 1. The van der Waals surface area contributed by atoms with Gasteiger partial charge in [-0.25, -0.2) is 13.4 Å². The second-order valence-electron chi connectivity index (χ2n) is 5.76. The first kappa shape index (κ1) is 20.6. The Hall–Kier alpha value is -2.14. The van der Waals surface area contributed by atoms with Crippen LogP contribution in [0.1, 0.15) is 5.69 Å². The van der Waals surface area contributed by atoms with Crippen LogP contribution < -0.4 is 14.8 Å². The van der Waals surface area contributed by atoms with Crippen molar-refractivity contribution in [3.05, 3.63) is 45.7 Å². The quantitative estimate of drug-likeness (QED) is 0.557. The van der Waals surface area contributed by atoms with E-state index >= 15 is 0 Å². The van der Waals surface area contributed by atoms with Crippen LogP contribution in [0.4, 0.5) is 11.4 Å². The fraction of sp³-hybridized carbons (Fsp3) is 0.176. The van der Waals surface area contributed by atoms with E-state index in [0.717, 1.165) is 16.1 Å². The molecule has 0 atom stereocenters. The predicted molar refractivity (Wildman–Crippen MR) is 114 cm³/mol. The minimum absolute atomic E-state index is 0.112. The number of nitrogens with zero attached hydrogens (tertiary/aromatic N) is 1. The van der Waals surface area contributed by atoms with Crippen LogP contribution in [-0.2, 0) is 21.2 Å². The molecule has 3 aromatic rings. The van der Waals surface area contributed by atoms with Crippen LogP contribution >= 0.6 is 34.3 Å². The topological polar surface area (TPSA) is 97.4 Å². The van der Waals surface area contributed by atoms with E-state index in [1.54, 1.807) is 12.1 Å². The normalized spacial score (nSPS) is 11.2. The Balaban J connectivity index is 1.67. The zero-order valence-corrected chi connectivity index (χ0v) is 18.1. The minimum atomic E-state index is -3.44. The van der Waals surface area contributed by atoms with Crippen LogP contribution in [0, 0.1) is 0 Å². The molecule has 0 spiro atoms. The summed E-state index contributed by atoms with van der Waals surface area (Å²) in [6, 6.07) is 8.37. The second kappa shape index (κ2) is 8.48. The van der Waals surface area contributed by atoms with Gasteiger partial charge in [-0.15, -0.1) is 22.7 Å². The fourth-order valence-electron chi connectivity index (χ4n) is 2.35. The van der Waals surface area contributed by atoms with E-state index in [9.17, 15) is 13.2 Å². The largest absolute Gasteiger partial charge is 0.494 e. The Bertz CT molecular complexity index is 1110. The van der Waals surface area contributed by atoms with Crippen molar-refractivity contribution in [1.29, 1.82) is 0 Å². The third-order valence-corrected chi connectivity index (χ3v) is 6.34. The SMILES string of the molecule is COc1cc(NC(=O)Cc2csc(-c3ccc(Cl)s3)n2)ccc1NS(C)(=O)=O. The highest BCUT2D eigenvalue weighted by Gasteiger charge is 2.13. The number of methoxy groups -OCH3 is 1. The van der Waals surface area contributed by atoms with E-state index in [1.807, 2.05) is 17.5 Å². The van der Waals surface area contributed by atoms with E-state index in [4.69, 9.17) is 16.3 Å². The highest BCUT2D eigenvalue weighted by Crippen LogP contribution is 2.33. The smallest absolute Gasteiger partial charge is 0.230 e. The van der Waals surface area contributed by atoms with E-state index in [0.29, 0.717) is 27.2 Å². The summed E-state index contributed by atoms with van der Waals surface area (Å²) in [5, 5.41) is 5.41. The summed E-state index contributed by atoms with van der Waals surface area (Å²) < 4.78 is 31.0. The molecular formula is C17H16ClN3O4S3. The highest BCUT2D eigenvalue weighted by molar-refractivity contribution is 7.92. The molecule has 2 N–H and O–H groups in total. The fourth-order valence-corrected chi connectivity index (χ4v) is 4.86. The van der Waals surface area contributed by atoms with Gasteiger partial charge in [-0.2, -0.15) is 0 Å². The van der Waals surface area contributed by atoms with Crippen LogP contribution in [0.15, 0.2) is 35.7 Å². The third-order valence-electron chi connectivity index (χ3n) is 3.46. The molecule has 11 heteroatoms. The molecule has 2 heterocycles. The Labute approximate surface area is 175 Å². The van der Waals surface area contributed by atoms with Crippen LogP contribution in [0.3, 0.4) is 0 Å². The number of ether oxygens (including phenoxy) is 1. The molecule has 0 saturated carbocycles. The number of carbonyl (C=O) groups excluding carboxylic acids is 1. The lowest BCUT2D eigenvalue weighted by Crippen LogP contribution is -2.15. The molecule has 148 valence electrons. The first-order valence-corrected chi connectivity index (χ1v) is 11.9. The molecule has 0 radical (unpaired) electrons. The van der Waals surface area contributed by atoms with Crippen LogP contribution in [0.2, 0.25) is 4.34 Å². The molecule has 2 aromatic heterocycles. The molecular weight excluding hydrogens is 442 g/mol. The number of hydrogen-bond donors (Lipinski definition) is 2. The van der Waals surface area contributed by atoms with Crippen molar-refractivity contribution >= 4 is 61.6 Å². The number of aromatic nitrogens is 1. The lowest BCUT2D eigenvalue weighted by Gasteiger charge is -2.12. The minimum Gasteiger partial charge on any atom is -0.494 e. The molecule has 0 saturated heterocycles. The number of carbonyl (C=O) groups is 1. The summed E-state index contributed by atoms with van der Waals surface area (Å²) in [5.41, 5.74) is 1.44. The van der Waals surface area contributed by atoms with Gasteiger partial charge < -0.3 is 10.1 Å². The van der Waals surface area contributed by atoms with Crippen molar-refractivity contribution in [1.82, 2.24) is 4.98 Å². The average molecular weight is 458 g/mol. The van der Waals surface area contributed by atoms with Crippen molar-refractivity contribution in [2.75, 3.05) is 23.4 Å². The summed E-state index contributed by atoms with van der Waals surface area (Å²) >= 11 is 8.83.